The fraction of sp³-hybridized carbons (Fsp3) is 0.0769. The van der Waals surface area contributed by atoms with Crippen LogP contribution >= 0.6 is 12.2 Å². The predicted octanol–water partition coefficient (Wildman–Crippen LogP) is 2.77. The number of rotatable bonds is 3. The van der Waals surface area contributed by atoms with Crippen LogP contribution in [0, 0.1) is 6.92 Å². The first kappa shape index (κ1) is 11.5. The van der Waals surface area contributed by atoms with E-state index >= 15 is 0 Å². The number of aryl methyl sites for hydroxylation is 1. The minimum absolute atomic E-state index is 0.381. The monoisotopic (exact) mass is 243 g/mol. The van der Waals surface area contributed by atoms with Gasteiger partial charge in [-0.05, 0) is 31.2 Å². The van der Waals surface area contributed by atoms with Gasteiger partial charge in [0, 0.05) is 16.9 Å². The van der Waals surface area contributed by atoms with Crippen molar-refractivity contribution in [3.8, 4) is 0 Å². The highest BCUT2D eigenvalue weighted by atomic mass is 32.1. The molecule has 0 atom stereocenters. The van der Waals surface area contributed by atoms with Gasteiger partial charge < -0.3 is 11.1 Å². The summed E-state index contributed by atoms with van der Waals surface area (Å²) in [5.41, 5.74) is 8.31. The molecule has 0 aliphatic heterocycles. The van der Waals surface area contributed by atoms with E-state index in [2.05, 4.69) is 10.3 Å². The number of nitrogens with two attached hydrogens (primary N) is 1. The lowest BCUT2D eigenvalue weighted by molar-refractivity contribution is 1.19. The Morgan fingerprint density at radius 2 is 1.94 bits per heavy atom. The van der Waals surface area contributed by atoms with E-state index in [-0.39, 0.29) is 0 Å². The summed E-state index contributed by atoms with van der Waals surface area (Å²) in [7, 11) is 0. The maximum Gasteiger partial charge on any atom is 0.131 e. The fourth-order valence-electron chi connectivity index (χ4n) is 1.54. The third-order valence-electron chi connectivity index (χ3n) is 2.28. The van der Waals surface area contributed by atoms with E-state index in [1.165, 1.54) is 0 Å². The van der Waals surface area contributed by atoms with Gasteiger partial charge in [-0.15, -0.1) is 0 Å². The maximum absolute atomic E-state index is 5.62. The molecule has 17 heavy (non-hydrogen) atoms. The van der Waals surface area contributed by atoms with Crippen LogP contribution in [0.1, 0.15) is 11.3 Å². The van der Waals surface area contributed by atoms with E-state index in [1.54, 1.807) is 0 Å². The summed E-state index contributed by atoms with van der Waals surface area (Å²) in [6.07, 6.45) is 0. The highest BCUT2D eigenvalue weighted by Gasteiger charge is 2.02. The van der Waals surface area contributed by atoms with E-state index in [0.29, 0.717) is 4.99 Å². The average molecular weight is 243 g/mol. The summed E-state index contributed by atoms with van der Waals surface area (Å²) < 4.78 is 0. The maximum atomic E-state index is 5.62. The second-order valence-corrected chi connectivity index (χ2v) is 4.18. The molecule has 86 valence electrons. The van der Waals surface area contributed by atoms with Crippen molar-refractivity contribution in [2.24, 2.45) is 5.73 Å². The Balaban J connectivity index is 2.30. The standard InChI is InChI=1S/C13H13N3S/c1-9-7-10(13(14)17)8-12(15-9)16-11-5-3-2-4-6-11/h2-8H,1H3,(H2,14,17)(H,15,16). The molecule has 0 amide bonds. The zero-order chi connectivity index (χ0) is 12.3. The third-order valence-corrected chi connectivity index (χ3v) is 2.52. The molecule has 0 radical (unpaired) electrons. The molecule has 0 bridgehead atoms. The van der Waals surface area contributed by atoms with Crippen LogP contribution in [-0.2, 0) is 0 Å². The molecule has 3 nitrogen and oxygen atoms in total. The van der Waals surface area contributed by atoms with Crippen molar-refractivity contribution in [2.75, 3.05) is 5.32 Å². The average Bonchev–Trinajstić information content (AvgIpc) is 2.29. The smallest absolute Gasteiger partial charge is 0.131 e. The van der Waals surface area contributed by atoms with Gasteiger partial charge in [0.15, 0.2) is 0 Å². The molecular weight excluding hydrogens is 230 g/mol. The lowest BCUT2D eigenvalue weighted by Gasteiger charge is -2.08. The van der Waals surface area contributed by atoms with Crippen LogP contribution in [0.4, 0.5) is 11.5 Å². The zero-order valence-electron chi connectivity index (χ0n) is 9.47. The molecule has 2 aromatic rings. The second-order valence-electron chi connectivity index (χ2n) is 3.74. The topological polar surface area (TPSA) is 50.9 Å². The zero-order valence-corrected chi connectivity index (χ0v) is 10.3. The molecule has 4 heteroatoms. The molecule has 0 spiro atoms. The lowest BCUT2D eigenvalue weighted by atomic mass is 10.2. The Kier molecular flexibility index (Phi) is 3.35. The van der Waals surface area contributed by atoms with Gasteiger partial charge in [0.2, 0.25) is 0 Å². The number of pyridine rings is 1. The Hall–Kier alpha value is -1.94. The number of thiocarbonyl (C=S) groups is 1. The summed E-state index contributed by atoms with van der Waals surface area (Å²) >= 11 is 4.97. The Bertz CT molecular complexity index is 538. The van der Waals surface area contributed by atoms with Crippen LogP contribution in [0.15, 0.2) is 42.5 Å². The number of hydrogen-bond acceptors (Lipinski definition) is 3. The van der Waals surface area contributed by atoms with Crippen LogP contribution < -0.4 is 11.1 Å². The highest BCUT2D eigenvalue weighted by molar-refractivity contribution is 7.80. The van der Waals surface area contributed by atoms with E-state index in [0.717, 1.165) is 22.8 Å². The number of anilines is 2. The van der Waals surface area contributed by atoms with Crippen LogP contribution in [-0.4, -0.2) is 9.97 Å². The van der Waals surface area contributed by atoms with Gasteiger partial charge in [0.25, 0.3) is 0 Å². The summed E-state index contributed by atoms with van der Waals surface area (Å²) in [4.78, 5) is 4.77. The normalized spacial score (nSPS) is 9.94. The molecule has 1 aromatic carbocycles. The van der Waals surface area contributed by atoms with Crippen molar-refractivity contribution < 1.29 is 0 Å². The first-order chi connectivity index (χ1) is 8.15. The molecule has 0 unspecified atom stereocenters. The number of nitrogens with one attached hydrogen (secondary N) is 1. The van der Waals surface area contributed by atoms with Gasteiger partial charge in [-0.3, -0.25) is 0 Å². The van der Waals surface area contributed by atoms with Gasteiger partial charge in [-0.1, -0.05) is 30.4 Å². The minimum atomic E-state index is 0.381. The lowest BCUT2D eigenvalue weighted by Crippen LogP contribution is -2.10. The van der Waals surface area contributed by atoms with Gasteiger partial charge in [0.1, 0.15) is 10.8 Å². The predicted molar refractivity (Wildman–Crippen MR) is 74.6 cm³/mol. The van der Waals surface area contributed by atoms with Crippen molar-refractivity contribution in [3.63, 3.8) is 0 Å². The van der Waals surface area contributed by atoms with Gasteiger partial charge in [-0.2, -0.15) is 0 Å². The molecule has 3 N–H and O–H groups in total. The fourth-order valence-corrected chi connectivity index (χ4v) is 1.66. The Morgan fingerprint density at radius 3 is 2.59 bits per heavy atom. The summed E-state index contributed by atoms with van der Waals surface area (Å²) in [6.45, 7) is 1.91. The van der Waals surface area contributed by atoms with Crippen molar-refractivity contribution >= 4 is 28.7 Å². The number of benzene rings is 1. The van der Waals surface area contributed by atoms with E-state index in [1.807, 2.05) is 49.4 Å². The Morgan fingerprint density at radius 1 is 1.24 bits per heavy atom. The van der Waals surface area contributed by atoms with Crippen molar-refractivity contribution in [3.05, 3.63) is 53.7 Å². The third kappa shape index (κ3) is 3.01. The Labute approximate surface area is 106 Å². The highest BCUT2D eigenvalue weighted by Crippen LogP contribution is 2.16. The number of nitrogens with zero attached hydrogens (tertiary/aromatic N) is 1. The molecule has 1 heterocycles. The van der Waals surface area contributed by atoms with Gasteiger partial charge in [0.05, 0.1) is 0 Å². The van der Waals surface area contributed by atoms with Gasteiger partial charge >= 0.3 is 0 Å². The summed E-state index contributed by atoms with van der Waals surface area (Å²) in [5.74, 6) is 0.749. The number of hydrogen-bond donors (Lipinski definition) is 2. The number of aromatic nitrogens is 1. The molecule has 2 rings (SSSR count). The molecule has 0 saturated carbocycles. The molecule has 0 aliphatic carbocycles. The molecular formula is C13H13N3S. The van der Waals surface area contributed by atoms with Crippen LogP contribution in [0.25, 0.3) is 0 Å². The molecule has 0 aliphatic rings. The minimum Gasteiger partial charge on any atom is -0.389 e. The van der Waals surface area contributed by atoms with E-state index < -0.39 is 0 Å². The van der Waals surface area contributed by atoms with Crippen molar-refractivity contribution in [2.45, 2.75) is 6.92 Å². The van der Waals surface area contributed by atoms with E-state index in [9.17, 15) is 0 Å². The van der Waals surface area contributed by atoms with Crippen molar-refractivity contribution in [1.29, 1.82) is 0 Å². The van der Waals surface area contributed by atoms with Crippen LogP contribution in [0.2, 0.25) is 0 Å². The first-order valence-electron chi connectivity index (χ1n) is 5.26. The first-order valence-corrected chi connectivity index (χ1v) is 5.66. The van der Waals surface area contributed by atoms with E-state index in [4.69, 9.17) is 18.0 Å². The molecule has 1 aromatic heterocycles. The number of para-hydroxylation sites is 1. The summed E-state index contributed by atoms with van der Waals surface area (Å²) in [6, 6.07) is 13.6. The SMILES string of the molecule is Cc1cc(C(N)=S)cc(Nc2ccccc2)n1. The molecule has 0 saturated heterocycles. The van der Waals surface area contributed by atoms with Crippen LogP contribution in [0.3, 0.4) is 0 Å². The molecule has 0 fully saturated rings. The van der Waals surface area contributed by atoms with Crippen LogP contribution in [0.5, 0.6) is 0 Å². The van der Waals surface area contributed by atoms with Crippen molar-refractivity contribution in [1.82, 2.24) is 4.98 Å². The summed E-state index contributed by atoms with van der Waals surface area (Å²) in [5, 5.41) is 3.21. The largest absolute Gasteiger partial charge is 0.389 e. The second kappa shape index (κ2) is 4.93. The quantitative estimate of drug-likeness (QED) is 0.814. The van der Waals surface area contributed by atoms with Gasteiger partial charge in [-0.25, -0.2) is 4.98 Å².